The molecule has 0 amide bonds. The zero-order valence-corrected chi connectivity index (χ0v) is 39.7. The van der Waals surface area contributed by atoms with E-state index in [0.29, 0.717) is 0 Å². The van der Waals surface area contributed by atoms with Gasteiger partial charge in [0.1, 0.15) is 0 Å². The Balaban J connectivity index is 0.931. The summed E-state index contributed by atoms with van der Waals surface area (Å²) in [7, 11) is 0. The fourth-order valence-electron chi connectivity index (χ4n) is 8.92. The van der Waals surface area contributed by atoms with E-state index < -0.39 is 0 Å². The van der Waals surface area contributed by atoms with Gasteiger partial charge in [0.25, 0.3) is 0 Å². The van der Waals surface area contributed by atoms with E-state index in [9.17, 15) is 0 Å². The Labute approximate surface area is 401 Å². The first-order chi connectivity index (χ1) is 33.0. The molecule has 0 aliphatic carbocycles. The third kappa shape index (κ3) is 9.19. The van der Waals surface area contributed by atoms with Gasteiger partial charge in [-0.1, -0.05) is 187 Å². The number of anilines is 6. The predicted octanol–water partition coefficient (Wildman–Crippen LogP) is 17.8. The summed E-state index contributed by atoms with van der Waals surface area (Å²) in [6.07, 6.45) is 0. The molecule has 0 saturated carbocycles. The van der Waals surface area contributed by atoms with Gasteiger partial charge in [-0.2, -0.15) is 0 Å². The van der Waals surface area contributed by atoms with Gasteiger partial charge >= 0.3 is 0 Å². The van der Waals surface area contributed by atoms with E-state index in [1.165, 1.54) is 11.1 Å². The van der Waals surface area contributed by atoms with E-state index in [0.717, 1.165) is 89.9 Å². The van der Waals surface area contributed by atoms with Crippen LogP contribution in [0.3, 0.4) is 0 Å². The van der Waals surface area contributed by atoms with Crippen molar-refractivity contribution in [1.29, 1.82) is 0 Å². The molecule has 4 heteroatoms. The quantitative estimate of drug-likeness (QED) is 0.137. The molecule has 0 radical (unpaired) electrons. The van der Waals surface area contributed by atoms with Crippen LogP contribution >= 0.6 is 0 Å². The van der Waals surface area contributed by atoms with E-state index in [1.54, 1.807) is 0 Å². The van der Waals surface area contributed by atoms with E-state index >= 15 is 0 Å². The van der Waals surface area contributed by atoms with Crippen LogP contribution in [0.15, 0.2) is 231 Å². The number of hydrogen-bond donors (Lipinski definition) is 0. The molecule has 4 nitrogen and oxygen atoms in total. The maximum Gasteiger partial charge on any atom is 0.0973 e. The van der Waals surface area contributed by atoms with Crippen molar-refractivity contribution in [1.82, 2.24) is 9.97 Å². The smallest absolute Gasteiger partial charge is 0.0973 e. The molecule has 10 aromatic rings. The maximum absolute atomic E-state index is 5.24. The van der Waals surface area contributed by atoms with Gasteiger partial charge in [-0.25, -0.2) is 9.97 Å². The summed E-state index contributed by atoms with van der Waals surface area (Å²) in [4.78, 5) is 15.1. The SMILES string of the molecule is CC(C)(C)c1cccc(N(c2ccccc2)c2ccc(-c3ccc(-c4nc5ccccc5nc4-c4ccc(-c5ccc(N(c6ccccc6)c6cccc(C(C)(C)C)c6)cc5)cc4)cc3)cc2)c1. The van der Waals surface area contributed by atoms with Gasteiger partial charge in [0.05, 0.1) is 22.4 Å². The van der Waals surface area contributed by atoms with Crippen molar-refractivity contribution in [3.63, 3.8) is 0 Å². The molecule has 10 rings (SSSR count). The van der Waals surface area contributed by atoms with Crippen LogP contribution in [0, 0.1) is 0 Å². The number of para-hydroxylation sites is 4. The van der Waals surface area contributed by atoms with Crippen LogP contribution in [0.25, 0.3) is 55.8 Å². The highest BCUT2D eigenvalue weighted by atomic mass is 15.1. The van der Waals surface area contributed by atoms with Gasteiger partial charge in [0.2, 0.25) is 0 Å². The second kappa shape index (κ2) is 18.3. The molecule has 1 aromatic heterocycles. The molecule has 0 bridgehead atoms. The largest absolute Gasteiger partial charge is 0.310 e. The molecule has 0 aliphatic heterocycles. The minimum absolute atomic E-state index is 0.0414. The molecular weight excluding hydrogens is 825 g/mol. The normalized spacial score (nSPS) is 11.7. The summed E-state index contributed by atoms with van der Waals surface area (Å²) < 4.78 is 0. The van der Waals surface area contributed by atoms with Crippen molar-refractivity contribution in [2.24, 2.45) is 0 Å². The average Bonchev–Trinajstić information content (AvgIpc) is 3.37. The molecule has 0 spiro atoms. The Morgan fingerprint density at radius 3 is 0.882 bits per heavy atom. The van der Waals surface area contributed by atoms with Crippen LogP contribution in [-0.4, -0.2) is 9.97 Å². The minimum atomic E-state index is 0.0414. The van der Waals surface area contributed by atoms with Crippen molar-refractivity contribution in [2.45, 2.75) is 52.4 Å². The van der Waals surface area contributed by atoms with Crippen molar-refractivity contribution in [2.75, 3.05) is 9.80 Å². The Bertz CT molecular complexity index is 3080. The Morgan fingerprint density at radius 1 is 0.265 bits per heavy atom. The maximum atomic E-state index is 5.24. The highest BCUT2D eigenvalue weighted by Crippen LogP contribution is 2.40. The van der Waals surface area contributed by atoms with Crippen LogP contribution in [0.5, 0.6) is 0 Å². The van der Waals surface area contributed by atoms with Crippen LogP contribution in [0.1, 0.15) is 52.7 Å². The summed E-state index contributed by atoms with van der Waals surface area (Å²) >= 11 is 0. The zero-order valence-electron chi connectivity index (χ0n) is 39.7. The Morgan fingerprint density at radius 2 is 0.544 bits per heavy atom. The number of rotatable bonds is 10. The summed E-state index contributed by atoms with van der Waals surface area (Å²) in [5.74, 6) is 0. The van der Waals surface area contributed by atoms with Crippen molar-refractivity contribution >= 4 is 45.2 Å². The Hall–Kier alpha value is -8.08. The van der Waals surface area contributed by atoms with Gasteiger partial charge in [-0.3, -0.25) is 0 Å². The van der Waals surface area contributed by atoms with Crippen molar-refractivity contribution in [3.8, 4) is 44.8 Å². The van der Waals surface area contributed by atoms with Gasteiger partial charge in [-0.15, -0.1) is 0 Å². The lowest BCUT2D eigenvalue weighted by atomic mass is 9.87. The number of aromatic nitrogens is 2. The first kappa shape index (κ1) is 43.8. The fourth-order valence-corrected chi connectivity index (χ4v) is 8.92. The summed E-state index contributed by atoms with van der Waals surface area (Å²) in [6.45, 7) is 13.6. The molecule has 332 valence electrons. The number of nitrogens with zero attached hydrogens (tertiary/aromatic N) is 4. The second-order valence-electron chi connectivity index (χ2n) is 19.6. The lowest BCUT2D eigenvalue weighted by Crippen LogP contribution is -2.14. The van der Waals surface area contributed by atoms with Crippen LogP contribution in [-0.2, 0) is 10.8 Å². The molecule has 0 unspecified atom stereocenters. The summed E-state index contributed by atoms with van der Waals surface area (Å²) in [5, 5.41) is 0. The second-order valence-corrected chi connectivity index (χ2v) is 19.6. The van der Waals surface area contributed by atoms with Gasteiger partial charge < -0.3 is 9.80 Å². The first-order valence-electron chi connectivity index (χ1n) is 23.6. The average molecular weight is 881 g/mol. The molecule has 0 atom stereocenters. The van der Waals surface area contributed by atoms with E-state index in [1.807, 2.05) is 24.3 Å². The van der Waals surface area contributed by atoms with Crippen molar-refractivity contribution < 1.29 is 0 Å². The van der Waals surface area contributed by atoms with E-state index in [4.69, 9.17) is 9.97 Å². The van der Waals surface area contributed by atoms with Crippen LogP contribution < -0.4 is 9.80 Å². The molecule has 0 fully saturated rings. The Kier molecular flexibility index (Phi) is 11.8. The highest BCUT2D eigenvalue weighted by Gasteiger charge is 2.20. The topological polar surface area (TPSA) is 32.3 Å². The molecule has 68 heavy (non-hydrogen) atoms. The van der Waals surface area contributed by atoms with Gasteiger partial charge in [0, 0.05) is 45.3 Å². The zero-order chi connectivity index (χ0) is 46.8. The lowest BCUT2D eigenvalue weighted by molar-refractivity contribution is 0.590. The third-order valence-electron chi connectivity index (χ3n) is 12.8. The van der Waals surface area contributed by atoms with Gasteiger partial charge in [-0.05, 0) is 129 Å². The highest BCUT2D eigenvalue weighted by molar-refractivity contribution is 5.88. The monoisotopic (exact) mass is 880 g/mol. The molecule has 9 aromatic carbocycles. The van der Waals surface area contributed by atoms with Gasteiger partial charge in [0.15, 0.2) is 0 Å². The minimum Gasteiger partial charge on any atom is -0.310 e. The van der Waals surface area contributed by atoms with Crippen LogP contribution in [0.2, 0.25) is 0 Å². The fraction of sp³-hybridized carbons (Fsp3) is 0.125. The summed E-state index contributed by atoms with van der Waals surface area (Å²) in [6, 6.07) is 82.3. The van der Waals surface area contributed by atoms with E-state index in [-0.39, 0.29) is 10.8 Å². The third-order valence-corrected chi connectivity index (χ3v) is 12.8. The molecule has 1 heterocycles. The number of hydrogen-bond acceptors (Lipinski definition) is 4. The van der Waals surface area contributed by atoms with Crippen molar-refractivity contribution in [3.05, 3.63) is 242 Å². The standard InChI is InChI=1S/C64H56N4/c1-63(2,3)51-17-15-23-57(43-51)67(53-19-9-7-10-20-53)55-39-35-47(36-40-55)45-27-31-49(32-28-45)61-62(66-60-26-14-13-25-59(60)65-61)50-33-29-46(30-34-50)48-37-41-56(42-38-48)68(54-21-11-8-12-22-54)58-24-16-18-52(44-58)64(4,5)6/h7-44H,1-6H3. The first-order valence-corrected chi connectivity index (χ1v) is 23.6. The molecule has 0 saturated heterocycles. The summed E-state index contributed by atoms with van der Waals surface area (Å²) in [5.41, 5.74) is 19.5. The molecule has 0 aliphatic rings. The van der Waals surface area contributed by atoms with Crippen LogP contribution in [0.4, 0.5) is 34.1 Å². The molecule has 0 N–H and O–H groups in total. The van der Waals surface area contributed by atoms with E-state index in [2.05, 4.69) is 258 Å². The number of benzene rings is 9. The molecular formula is C64H56N4. The lowest BCUT2D eigenvalue weighted by Gasteiger charge is -2.28. The number of fused-ring (bicyclic) bond motifs is 1. The predicted molar refractivity (Wildman–Crippen MR) is 288 cm³/mol.